The molecule has 1 amide bonds. The van der Waals surface area contributed by atoms with Crippen LogP contribution in [0.2, 0.25) is 0 Å². The fourth-order valence-electron chi connectivity index (χ4n) is 3.23. The minimum atomic E-state index is -3.23. The van der Waals surface area contributed by atoms with Gasteiger partial charge in [-0.1, -0.05) is 24.3 Å². The predicted molar refractivity (Wildman–Crippen MR) is 116 cm³/mol. The Hall–Kier alpha value is -3.04. The van der Waals surface area contributed by atoms with Crippen molar-refractivity contribution in [2.75, 3.05) is 30.9 Å². The van der Waals surface area contributed by atoms with Crippen molar-refractivity contribution < 1.29 is 27.5 Å². The van der Waals surface area contributed by atoms with E-state index in [1.165, 1.54) is 0 Å². The van der Waals surface area contributed by atoms with Crippen molar-refractivity contribution in [3.05, 3.63) is 65.2 Å². The largest absolute Gasteiger partial charge is 0.454 e. The highest BCUT2D eigenvalue weighted by Crippen LogP contribution is 2.21. The number of benzene rings is 2. The fourth-order valence-corrected chi connectivity index (χ4v) is 3.71. The monoisotopic (exact) mass is 444 g/mol. The lowest BCUT2D eigenvalue weighted by Gasteiger charge is -2.15. The molecule has 0 aliphatic carbocycles. The van der Waals surface area contributed by atoms with E-state index >= 15 is 0 Å². The number of nitrogens with one attached hydrogen (secondary N) is 1. The van der Waals surface area contributed by atoms with Gasteiger partial charge in [-0.15, -0.1) is 0 Å². The highest BCUT2D eigenvalue weighted by molar-refractivity contribution is 7.88. The zero-order valence-corrected chi connectivity index (χ0v) is 18.0. The molecular weight excluding hydrogens is 420 g/mol. The average Bonchev–Trinajstić information content (AvgIpc) is 3.17. The summed E-state index contributed by atoms with van der Waals surface area (Å²) in [4.78, 5) is 38.0. The van der Waals surface area contributed by atoms with Crippen molar-refractivity contribution in [3.63, 3.8) is 0 Å². The van der Waals surface area contributed by atoms with E-state index < -0.39 is 16.0 Å². The molecule has 1 N–H and O–H groups in total. The van der Waals surface area contributed by atoms with Crippen LogP contribution in [0.1, 0.15) is 39.1 Å². The van der Waals surface area contributed by atoms with Crippen molar-refractivity contribution in [2.24, 2.45) is 0 Å². The van der Waals surface area contributed by atoms with Gasteiger partial charge in [0.1, 0.15) is 0 Å². The maximum Gasteiger partial charge on any atom is 0.338 e. The summed E-state index contributed by atoms with van der Waals surface area (Å²) in [7, 11) is -3.23. The SMILES string of the molecule is CS(=O)(=O)NCCc1ccc(C(=O)COC(=O)c2ccc(N3CCCC3=O)cc2)cc1. The number of hydrogen-bond acceptors (Lipinski definition) is 6. The average molecular weight is 445 g/mol. The van der Waals surface area contributed by atoms with Crippen LogP contribution in [0.4, 0.5) is 5.69 Å². The number of rotatable bonds is 9. The van der Waals surface area contributed by atoms with E-state index in [0.29, 0.717) is 30.5 Å². The second-order valence-electron chi connectivity index (χ2n) is 7.31. The lowest BCUT2D eigenvalue weighted by atomic mass is 10.1. The molecule has 3 rings (SSSR count). The highest BCUT2D eigenvalue weighted by Gasteiger charge is 2.22. The zero-order valence-electron chi connectivity index (χ0n) is 17.2. The Bertz CT molecular complexity index is 1060. The molecule has 1 aliphatic rings. The van der Waals surface area contributed by atoms with Crippen LogP contribution in [-0.4, -0.2) is 52.0 Å². The predicted octanol–water partition coefficient (Wildman–Crippen LogP) is 1.94. The van der Waals surface area contributed by atoms with Gasteiger partial charge in [-0.05, 0) is 42.7 Å². The number of ketones is 1. The third kappa shape index (κ3) is 6.47. The van der Waals surface area contributed by atoms with Crippen LogP contribution in [0, 0.1) is 0 Å². The van der Waals surface area contributed by atoms with Gasteiger partial charge in [-0.2, -0.15) is 0 Å². The molecular formula is C22H24N2O6S. The van der Waals surface area contributed by atoms with Crippen LogP contribution >= 0.6 is 0 Å². The molecule has 8 nitrogen and oxygen atoms in total. The molecule has 164 valence electrons. The second kappa shape index (κ2) is 9.84. The van der Waals surface area contributed by atoms with E-state index in [1.807, 2.05) is 0 Å². The quantitative estimate of drug-likeness (QED) is 0.468. The number of Topliss-reactive ketones (excluding diaryl/α,β-unsaturated/α-hetero) is 1. The van der Waals surface area contributed by atoms with Gasteiger partial charge in [0.15, 0.2) is 12.4 Å². The Balaban J connectivity index is 1.49. The zero-order chi connectivity index (χ0) is 22.4. The Morgan fingerprint density at radius 2 is 1.68 bits per heavy atom. The molecule has 0 aromatic heterocycles. The van der Waals surface area contributed by atoms with Gasteiger partial charge >= 0.3 is 5.97 Å². The fraction of sp³-hybridized carbons (Fsp3) is 0.318. The first kappa shape index (κ1) is 22.6. The Morgan fingerprint density at radius 3 is 2.26 bits per heavy atom. The van der Waals surface area contributed by atoms with E-state index in [9.17, 15) is 22.8 Å². The Morgan fingerprint density at radius 1 is 1.03 bits per heavy atom. The van der Waals surface area contributed by atoms with E-state index in [4.69, 9.17) is 4.74 Å². The smallest absolute Gasteiger partial charge is 0.338 e. The van der Waals surface area contributed by atoms with Gasteiger partial charge < -0.3 is 9.64 Å². The summed E-state index contributed by atoms with van der Waals surface area (Å²) < 4.78 is 29.7. The van der Waals surface area contributed by atoms with Crippen molar-refractivity contribution in [1.29, 1.82) is 0 Å². The number of hydrogen-bond donors (Lipinski definition) is 1. The summed E-state index contributed by atoms with van der Waals surface area (Å²) in [5, 5.41) is 0. The molecule has 9 heteroatoms. The van der Waals surface area contributed by atoms with Crippen LogP contribution in [-0.2, 0) is 26.0 Å². The van der Waals surface area contributed by atoms with Crippen molar-refractivity contribution in [2.45, 2.75) is 19.3 Å². The molecule has 1 heterocycles. The highest BCUT2D eigenvalue weighted by atomic mass is 32.2. The Kier molecular flexibility index (Phi) is 7.19. The summed E-state index contributed by atoms with van der Waals surface area (Å²) in [6, 6.07) is 13.2. The maximum absolute atomic E-state index is 12.3. The minimum Gasteiger partial charge on any atom is -0.454 e. The van der Waals surface area contributed by atoms with E-state index in [0.717, 1.165) is 23.9 Å². The molecule has 0 radical (unpaired) electrons. The minimum absolute atomic E-state index is 0.0681. The molecule has 0 bridgehead atoms. The lowest BCUT2D eigenvalue weighted by Crippen LogP contribution is -2.24. The second-order valence-corrected chi connectivity index (χ2v) is 9.14. The molecule has 1 saturated heterocycles. The third-order valence-corrected chi connectivity index (χ3v) is 5.60. The summed E-state index contributed by atoms with van der Waals surface area (Å²) in [6.07, 6.45) is 2.95. The van der Waals surface area contributed by atoms with Crippen molar-refractivity contribution in [3.8, 4) is 0 Å². The summed E-state index contributed by atoms with van der Waals surface area (Å²) in [5.74, 6) is -0.886. The number of carbonyl (C=O) groups excluding carboxylic acids is 3. The summed E-state index contributed by atoms with van der Waals surface area (Å²) in [6.45, 7) is 0.554. The summed E-state index contributed by atoms with van der Waals surface area (Å²) >= 11 is 0. The van der Waals surface area contributed by atoms with Crippen molar-refractivity contribution in [1.82, 2.24) is 4.72 Å². The number of ether oxygens (including phenoxy) is 1. The van der Waals surface area contributed by atoms with Gasteiger partial charge in [-0.25, -0.2) is 17.9 Å². The van der Waals surface area contributed by atoms with Gasteiger partial charge in [0.05, 0.1) is 11.8 Å². The number of amides is 1. The van der Waals surface area contributed by atoms with E-state index in [2.05, 4.69) is 4.72 Å². The van der Waals surface area contributed by atoms with Crippen molar-refractivity contribution >= 4 is 33.4 Å². The van der Waals surface area contributed by atoms with Crippen LogP contribution < -0.4 is 9.62 Å². The van der Waals surface area contributed by atoms with E-state index in [-0.39, 0.29) is 24.8 Å². The van der Waals surface area contributed by atoms with Crippen LogP contribution in [0.15, 0.2) is 48.5 Å². The normalized spacial score (nSPS) is 14.0. The maximum atomic E-state index is 12.3. The number of carbonyl (C=O) groups is 3. The molecule has 2 aromatic rings. The third-order valence-electron chi connectivity index (χ3n) is 4.88. The van der Waals surface area contributed by atoms with Crippen LogP contribution in [0.5, 0.6) is 0 Å². The molecule has 2 aromatic carbocycles. The molecule has 31 heavy (non-hydrogen) atoms. The van der Waals surface area contributed by atoms with Gasteiger partial charge in [0.2, 0.25) is 15.9 Å². The lowest BCUT2D eigenvalue weighted by molar-refractivity contribution is -0.117. The molecule has 1 fully saturated rings. The number of esters is 1. The first-order valence-corrected chi connectivity index (χ1v) is 11.8. The molecule has 0 spiro atoms. The summed E-state index contributed by atoms with van der Waals surface area (Å²) in [5.41, 5.74) is 2.32. The molecule has 0 saturated carbocycles. The topological polar surface area (TPSA) is 110 Å². The van der Waals surface area contributed by atoms with Gasteiger partial charge in [-0.3, -0.25) is 9.59 Å². The number of sulfonamides is 1. The number of nitrogens with zero attached hydrogens (tertiary/aromatic N) is 1. The van der Waals surface area contributed by atoms with Crippen LogP contribution in [0.25, 0.3) is 0 Å². The van der Waals surface area contributed by atoms with Gasteiger partial charge in [0.25, 0.3) is 0 Å². The first-order valence-electron chi connectivity index (χ1n) is 9.87. The first-order chi connectivity index (χ1) is 14.7. The molecule has 0 unspecified atom stereocenters. The number of anilines is 1. The standard InChI is InChI=1S/C22H24N2O6S/c1-31(28,29)23-13-12-16-4-6-17(7-5-16)20(25)15-30-22(27)18-8-10-19(11-9-18)24-14-2-3-21(24)26/h4-11,23H,2-3,12-15H2,1H3. The Labute approximate surface area is 181 Å². The molecule has 0 atom stereocenters. The van der Waals surface area contributed by atoms with E-state index in [1.54, 1.807) is 53.4 Å². The molecule has 1 aliphatic heterocycles. The van der Waals surface area contributed by atoms with Crippen LogP contribution in [0.3, 0.4) is 0 Å². The van der Waals surface area contributed by atoms with Gasteiger partial charge in [0, 0.05) is 30.8 Å².